The van der Waals surface area contributed by atoms with Crippen molar-refractivity contribution in [1.29, 1.82) is 0 Å². The van der Waals surface area contributed by atoms with Crippen LogP contribution in [0, 0.1) is 0 Å². The Kier molecular flexibility index (Phi) is 4.66. The van der Waals surface area contributed by atoms with Gasteiger partial charge < -0.3 is 5.32 Å². The number of rotatable bonds is 4. The largest absolute Gasteiger partial charge is 0.306 e. The van der Waals surface area contributed by atoms with Crippen LogP contribution in [0.3, 0.4) is 0 Å². The van der Waals surface area contributed by atoms with Gasteiger partial charge >= 0.3 is 0 Å². The molecule has 0 bridgehead atoms. The van der Waals surface area contributed by atoms with E-state index in [1.807, 2.05) is 24.3 Å². The highest BCUT2D eigenvalue weighted by atomic mass is 79.9. The van der Waals surface area contributed by atoms with E-state index in [9.17, 15) is 0 Å². The standard InChI is InChI=1S/C11H13BrClN/c1-8(12)7-14-9(2)10-5-3-4-6-11(10)13/h3-6,9,14H,1,7H2,2H3/t9-/m0/s1. The van der Waals surface area contributed by atoms with Gasteiger partial charge in [-0.25, -0.2) is 0 Å². The van der Waals surface area contributed by atoms with E-state index in [1.54, 1.807) is 0 Å². The molecule has 1 aromatic carbocycles. The third-order valence-electron chi connectivity index (χ3n) is 1.97. The minimum absolute atomic E-state index is 0.234. The van der Waals surface area contributed by atoms with E-state index >= 15 is 0 Å². The Morgan fingerprint density at radius 1 is 1.57 bits per heavy atom. The highest BCUT2D eigenvalue weighted by Crippen LogP contribution is 2.22. The molecule has 0 saturated heterocycles. The highest BCUT2D eigenvalue weighted by Gasteiger charge is 2.07. The van der Waals surface area contributed by atoms with Crippen molar-refractivity contribution in [3.63, 3.8) is 0 Å². The summed E-state index contributed by atoms with van der Waals surface area (Å²) >= 11 is 9.36. The summed E-state index contributed by atoms with van der Waals surface area (Å²) in [7, 11) is 0. The monoisotopic (exact) mass is 273 g/mol. The molecule has 3 heteroatoms. The first-order valence-corrected chi connectivity index (χ1v) is 5.59. The van der Waals surface area contributed by atoms with E-state index in [-0.39, 0.29) is 6.04 Å². The molecule has 0 saturated carbocycles. The third kappa shape index (κ3) is 3.45. The second kappa shape index (κ2) is 5.54. The van der Waals surface area contributed by atoms with Gasteiger partial charge in [0, 0.05) is 22.1 Å². The predicted molar refractivity (Wildman–Crippen MR) is 65.9 cm³/mol. The van der Waals surface area contributed by atoms with Crippen molar-refractivity contribution in [2.45, 2.75) is 13.0 Å². The molecule has 0 radical (unpaired) electrons. The number of hydrogen-bond acceptors (Lipinski definition) is 1. The first-order valence-electron chi connectivity index (χ1n) is 4.42. The fourth-order valence-corrected chi connectivity index (χ4v) is 1.66. The lowest BCUT2D eigenvalue weighted by Crippen LogP contribution is -2.19. The normalized spacial score (nSPS) is 12.5. The lowest BCUT2D eigenvalue weighted by molar-refractivity contribution is 0.616. The molecule has 0 heterocycles. The molecular weight excluding hydrogens is 261 g/mol. The second-order valence-electron chi connectivity index (χ2n) is 3.14. The van der Waals surface area contributed by atoms with Gasteiger partial charge in [0.2, 0.25) is 0 Å². The van der Waals surface area contributed by atoms with E-state index in [1.165, 1.54) is 0 Å². The molecule has 0 unspecified atom stereocenters. The quantitative estimate of drug-likeness (QED) is 0.878. The summed E-state index contributed by atoms with van der Waals surface area (Å²) in [5.41, 5.74) is 1.11. The average molecular weight is 275 g/mol. The van der Waals surface area contributed by atoms with E-state index in [2.05, 4.69) is 34.7 Å². The number of nitrogens with one attached hydrogen (secondary N) is 1. The fraction of sp³-hybridized carbons (Fsp3) is 0.273. The molecule has 14 heavy (non-hydrogen) atoms. The molecule has 0 aromatic heterocycles. The molecule has 1 N–H and O–H groups in total. The number of halogens is 2. The maximum atomic E-state index is 6.06. The first-order chi connectivity index (χ1) is 6.61. The molecule has 1 rings (SSSR count). The van der Waals surface area contributed by atoms with E-state index in [0.717, 1.165) is 21.6 Å². The van der Waals surface area contributed by atoms with Crippen LogP contribution in [-0.2, 0) is 0 Å². The Balaban J connectivity index is 2.65. The zero-order chi connectivity index (χ0) is 10.6. The van der Waals surface area contributed by atoms with Gasteiger partial charge in [-0.3, -0.25) is 0 Å². The van der Waals surface area contributed by atoms with Crippen LogP contribution in [0.4, 0.5) is 0 Å². The second-order valence-corrected chi connectivity index (χ2v) is 4.67. The molecule has 0 spiro atoms. The SMILES string of the molecule is C=C(Br)CN[C@@H](C)c1ccccc1Cl. The van der Waals surface area contributed by atoms with Crippen LogP contribution in [0.15, 0.2) is 35.3 Å². The van der Waals surface area contributed by atoms with Crippen molar-refractivity contribution >= 4 is 27.5 Å². The van der Waals surface area contributed by atoms with Crippen molar-refractivity contribution in [2.75, 3.05) is 6.54 Å². The van der Waals surface area contributed by atoms with Gasteiger partial charge in [0.15, 0.2) is 0 Å². The molecular formula is C11H13BrClN. The zero-order valence-corrected chi connectivity index (χ0v) is 10.4. The van der Waals surface area contributed by atoms with Gasteiger partial charge in [0.25, 0.3) is 0 Å². The Hall–Kier alpha value is -0.310. The number of benzene rings is 1. The molecule has 1 atom stereocenters. The van der Waals surface area contributed by atoms with Crippen molar-refractivity contribution in [3.05, 3.63) is 45.9 Å². The summed E-state index contributed by atoms with van der Waals surface area (Å²) in [6, 6.07) is 8.08. The molecule has 0 aliphatic heterocycles. The van der Waals surface area contributed by atoms with Crippen LogP contribution in [0.2, 0.25) is 5.02 Å². The minimum Gasteiger partial charge on any atom is -0.306 e. The van der Waals surface area contributed by atoms with Crippen LogP contribution < -0.4 is 5.32 Å². The van der Waals surface area contributed by atoms with Crippen LogP contribution in [0.5, 0.6) is 0 Å². The van der Waals surface area contributed by atoms with Gasteiger partial charge in [0.1, 0.15) is 0 Å². The first kappa shape index (κ1) is 11.8. The predicted octanol–water partition coefficient (Wildman–Crippen LogP) is 3.90. The Labute approximate surface area is 98.3 Å². The van der Waals surface area contributed by atoms with Crippen LogP contribution in [0.25, 0.3) is 0 Å². The summed E-state index contributed by atoms with van der Waals surface area (Å²) in [5, 5.41) is 4.11. The maximum Gasteiger partial charge on any atom is 0.0453 e. The molecule has 0 fully saturated rings. The van der Waals surface area contributed by atoms with Gasteiger partial charge in [-0.1, -0.05) is 52.3 Å². The average Bonchev–Trinajstić information content (AvgIpc) is 2.15. The zero-order valence-electron chi connectivity index (χ0n) is 8.06. The van der Waals surface area contributed by atoms with E-state index in [4.69, 9.17) is 11.6 Å². The Bertz CT molecular complexity index is 325. The van der Waals surface area contributed by atoms with Gasteiger partial charge in [-0.2, -0.15) is 0 Å². The van der Waals surface area contributed by atoms with E-state index < -0.39 is 0 Å². The summed E-state index contributed by atoms with van der Waals surface area (Å²) in [5.74, 6) is 0. The smallest absolute Gasteiger partial charge is 0.0453 e. The van der Waals surface area contributed by atoms with Gasteiger partial charge in [-0.05, 0) is 18.6 Å². The molecule has 0 aliphatic carbocycles. The summed E-state index contributed by atoms with van der Waals surface area (Å²) in [6.07, 6.45) is 0. The molecule has 0 aliphatic rings. The third-order valence-corrected chi connectivity index (χ3v) is 2.60. The van der Waals surface area contributed by atoms with Crippen molar-refractivity contribution < 1.29 is 0 Å². The fourth-order valence-electron chi connectivity index (χ4n) is 1.20. The van der Waals surface area contributed by atoms with Crippen molar-refractivity contribution in [1.82, 2.24) is 5.32 Å². The van der Waals surface area contributed by atoms with Gasteiger partial charge in [-0.15, -0.1) is 0 Å². The number of hydrogen-bond donors (Lipinski definition) is 1. The highest BCUT2D eigenvalue weighted by molar-refractivity contribution is 9.11. The molecule has 76 valence electrons. The lowest BCUT2D eigenvalue weighted by atomic mass is 10.1. The Morgan fingerprint density at radius 2 is 2.21 bits per heavy atom. The van der Waals surface area contributed by atoms with Crippen molar-refractivity contribution in [3.8, 4) is 0 Å². The van der Waals surface area contributed by atoms with Crippen LogP contribution in [-0.4, -0.2) is 6.54 Å². The van der Waals surface area contributed by atoms with E-state index in [0.29, 0.717) is 0 Å². The molecule has 1 aromatic rings. The summed E-state index contributed by atoms with van der Waals surface area (Å²) in [4.78, 5) is 0. The minimum atomic E-state index is 0.234. The molecule has 0 amide bonds. The molecule has 1 nitrogen and oxygen atoms in total. The topological polar surface area (TPSA) is 12.0 Å². The lowest BCUT2D eigenvalue weighted by Gasteiger charge is -2.14. The maximum absolute atomic E-state index is 6.06. The van der Waals surface area contributed by atoms with Crippen LogP contribution >= 0.6 is 27.5 Å². The van der Waals surface area contributed by atoms with Gasteiger partial charge in [0.05, 0.1) is 0 Å². The van der Waals surface area contributed by atoms with Crippen molar-refractivity contribution in [2.24, 2.45) is 0 Å². The van der Waals surface area contributed by atoms with Crippen LogP contribution in [0.1, 0.15) is 18.5 Å². The Morgan fingerprint density at radius 3 is 2.79 bits per heavy atom. The summed E-state index contributed by atoms with van der Waals surface area (Å²) in [6.45, 7) is 6.59. The summed E-state index contributed by atoms with van der Waals surface area (Å²) < 4.78 is 0.941.